The maximum absolute atomic E-state index is 12.0. The molecule has 1 atom stereocenters. The van der Waals surface area contributed by atoms with Gasteiger partial charge in [0.15, 0.2) is 0 Å². The maximum Gasteiger partial charge on any atom is 0.330 e. The lowest BCUT2D eigenvalue weighted by atomic mass is 10.1. The number of esters is 1. The molecule has 0 spiro atoms. The summed E-state index contributed by atoms with van der Waals surface area (Å²) in [5.74, 6) is 0.955. The van der Waals surface area contributed by atoms with Crippen LogP contribution >= 0.6 is 0 Å². The van der Waals surface area contributed by atoms with E-state index in [-0.39, 0.29) is 5.91 Å². The van der Waals surface area contributed by atoms with Crippen LogP contribution in [0.2, 0.25) is 0 Å². The summed E-state index contributed by atoms with van der Waals surface area (Å²) in [4.78, 5) is 27.4. The Morgan fingerprint density at radius 2 is 1.70 bits per heavy atom. The normalized spacial score (nSPS) is 12.2. The van der Waals surface area contributed by atoms with Crippen LogP contribution in [-0.2, 0) is 20.7 Å². The number of ether oxygens (including phenoxy) is 1. The number of aliphatic imine (C=N–C) groups is 1. The minimum absolute atomic E-state index is 0.0526. The number of amides is 1. The van der Waals surface area contributed by atoms with E-state index in [1.54, 1.807) is 13.0 Å². The molecule has 1 N–H and O–H groups in total. The van der Waals surface area contributed by atoms with Gasteiger partial charge in [0, 0.05) is 19.4 Å². The van der Waals surface area contributed by atoms with E-state index in [4.69, 9.17) is 4.42 Å². The molecule has 1 aromatic rings. The molecule has 0 aliphatic heterocycles. The van der Waals surface area contributed by atoms with E-state index in [1.807, 2.05) is 6.07 Å². The van der Waals surface area contributed by atoms with E-state index < -0.39 is 12.0 Å². The molecule has 170 valence electrons. The Kier molecular flexibility index (Phi) is 14.4. The van der Waals surface area contributed by atoms with Gasteiger partial charge in [-0.1, -0.05) is 64.7 Å². The third-order valence-electron chi connectivity index (χ3n) is 5.10. The van der Waals surface area contributed by atoms with E-state index in [0.29, 0.717) is 18.6 Å². The second-order valence-electron chi connectivity index (χ2n) is 7.81. The van der Waals surface area contributed by atoms with E-state index in [2.05, 4.69) is 22.0 Å². The molecule has 6 nitrogen and oxygen atoms in total. The highest BCUT2D eigenvalue weighted by atomic mass is 16.5. The quantitative estimate of drug-likeness (QED) is 0.213. The number of nitrogens with zero attached hydrogens (tertiary/aromatic N) is 1. The van der Waals surface area contributed by atoms with Crippen molar-refractivity contribution in [3.05, 3.63) is 23.7 Å². The predicted molar refractivity (Wildman–Crippen MR) is 121 cm³/mol. The molecule has 0 fully saturated rings. The minimum Gasteiger partial charge on any atom is -0.467 e. The first-order chi connectivity index (χ1) is 14.6. The number of rotatable bonds is 17. The molecular weight excluding hydrogens is 380 g/mol. The molecule has 1 heterocycles. The molecule has 0 saturated carbocycles. The van der Waals surface area contributed by atoms with E-state index in [0.717, 1.165) is 18.7 Å². The first kappa shape index (κ1) is 25.9. The number of carbonyl (C=O) groups is 2. The first-order valence-electron chi connectivity index (χ1n) is 11.5. The number of hydrogen-bond donors (Lipinski definition) is 1. The second kappa shape index (κ2) is 16.7. The van der Waals surface area contributed by atoms with Crippen LogP contribution in [0.15, 0.2) is 21.5 Å². The number of hydrogen-bond acceptors (Lipinski definition) is 5. The highest BCUT2D eigenvalue weighted by Gasteiger charge is 2.10. The molecule has 0 aliphatic rings. The first-order valence-corrected chi connectivity index (χ1v) is 11.5. The molecule has 0 bridgehead atoms. The molecule has 0 aromatic carbocycles. The Bertz CT molecular complexity index is 624. The topological polar surface area (TPSA) is 80.9 Å². The van der Waals surface area contributed by atoms with Gasteiger partial charge in [0.05, 0.1) is 13.3 Å². The maximum atomic E-state index is 12.0. The monoisotopic (exact) mass is 420 g/mol. The van der Waals surface area contributed by atoms with Gasteiger partial charge in [-0.2, -0.15) is 0 Å². The van der Waals surface area contributed by atoms with Crippen LogP contribution in [-0.4, -0.2) is 37.8 Å². The van der Waals surface area contributed by atoms with Crippen LogP contribution < -0.4 is 5.32 Å². The average Bonchev–Trinajstić information content (AvgIpc) is 3.21. The van der Waals surface area contributed by atoms with Gasteiger partial charge in [-0.15, -0.1) is 0 Å². The number of furan rings is 1. The summed E-state index contributed by atoms with van der Waals surface area (Å²) in [6.07, 6.45) is 15.4. The molecule has 0 aliphatic carbocycles. The summed E-state index contributed by atoms with van der Waals surface area (Å²) in [5, 5.41) is 2.99. The van der Waals surface area contributed by atoms with Gasteiger partial charge in [0.2, 0.25) is 5.91 Å². The second-order valence-corrected chi connectivity index (χ2v) is 7.81. The Hall–Kier alpha value is -2.11. The number of carbonyl (C=O) groups excluding carboxylic acids is 2. The minimum atomic E-state index is -0.569. The smallest absolute Gasteiger partial charge is 0.330 e. The lowest BCUT2D eigenvalue weighted by Gasteiger charge is -2.05. The standard InChI is InChI=1S/C24H40N2O4/c1-4-5-6-7-8-9-10-11-12-13-18-25-23(27)17-16-21-14-15-22(30-21)19-26-20(2)24(28)29-3/h14-15,19-20H,4-13,16-18H2,1-3H3,(H,25,27)/b26-19+. The molecular formula is C24H40N2O4. The van der Waals surface area contributed by atoms with Gasteiger partial charge in [-0.25, -0.2) is 4.79 Å². The van der Waals surface area contributed by atoms with Crippen molar-refractivity contribution in [1.29, 1.82) is 0 Å². The average molecular weight is 421 g/mol. The van der Waals surface area contributed by atoms with Crippen LogP contribution in [0.4, 0.5) is 0 Å². The van der Waals surface area contributed by atoms with Crippen molar-refractivity contribution in [3.63, 3.8) is 0 Å². The lowest BCUT2D eigenvalue weighted by Crippen LogP contribution is -2.24. The Morgan fingerprint density at radius 1 is 1.07 bits per heavy atom. The van der Waals surface area contributed by atoms with Gasteiger partial charge in [-0.3, -0.25) is 9.79 Å². The number of unbranched alkanes of at least 4 members (excludes halogenated alkanes) is 9. The van der Waals surface area contributed by atoms with Crippen LogP contribution in [0.25, 0.3) is 0 Å². The zero-order valence-electron chi connectivity index (χ0n) is 19.1. The van der Waals surface area contributed by atoms with Crippen molar-refractivity contribution in [1.82, 2.24) is 5.32 Å². The summed E-state index contributed by atoms with van der Waals surface area (Å²) in [7, 11) is 1.33. The lowest BCUT2D eigenvalue weighted by molar-refractivity contribution is -0.141. The largest absolute Gasteiger partial charge is 0.467 e. The van der Waals surface area contributed by atoms with Crippen LogP contribution in [0.5, 0.6) is 0 Å². The third kappa shape index (κ3) is 12.5. The zero-order chi connectivity index (χ0) is 22.0. The van der Waals surface area contributed by atoms with Crippen molar-refractivity contribution in [2.75, 3.05) is 13.7 Å². The zero-order valence-corrected chi connectivity index (χ0v) is 19.1. The SMILES string of the molecule is CCCCCCCCCCCCNC(=O)CCc1ccc(/C=N/C(C)C(=O)OC)o1. The molecule has 1 amide bonds. The molecule has 0 radical (unpaired) electrons. The summed E-state index contributed by atoms with van der Waals surface area (Å²) < 4.78 is 10.3. The van der Waals surface area contributed by atoms with Crippen molar-refractivity contribution >= 4 is 18.1 Å². The van der Waals surface area contributed by atoms with Gasteiger partial charge >= 0.3 is 5.97 Å². The molecule has 30 heavy (non-hydrogen) atoms. The van der Waals surface area contributed by atoms with Crippen LogP contribution in [0.1, 0.15) is 96.0 Å². The van der Waals surface area contributed by atoms with Crippen molar-refractivity contribution in [3.8, 4) is 0 Å². The Balaban J connectivity index is 2.06. The molecule has 6 heteroatoms. The number of aryl methyl sites for hydroxylation is 1. The van der Waals surface area contributed by atoms with Gasteiger partial charge < -0.3 is 14.5 Å². The third-order valence-corrected chi connectivity index (χ3v) is 5.10. The number of nitrogens with one attached hydrogen (secondary N) is 1. The summed E-state index contributed by atoms with van der Waals surface area (Å²) >= 11 is 0. The number of methoxy groups -OCH3 is 1. The highest BCUT2D eigenvalue weighted by Crippen LogP contribution is 2.11. The van der Waals surface area contributed by atoms with Crippen LogP contribution in [0, 0.1) is 0 Å². The summed E-state index contributed by atoms with van der Waals surface area (Å²) in [6.45, 7) is 4.65. The molecule has 1 aromatic heterocycles. The summed E-state index contributed by atoms with van der Waals surface area (Å²) in [5.41, 5.74) is 0. The Morgan fingerprint density at radius 3 is 2.33 bits per heavy atom. The molecule has 0 saturated heterocycles. The molecule has 1 unspecified atom stereocenters. The van der Waals surface area contributed by atoms with Gasteiger partial charge in [-0.05, 0) is 25.5 Å². The van der Waals surface area contributed by atoms with E-state index in [1.165, 1.54) is 71.1 Å². The van der Waals surface area contributed by atoms with Crippen molar-refractivity contribution in [2.24, 2.45) is 4.99 Å². The van der Waals surface area contributed by atoms with Gasteiger partial charge in [0.1, 0.15) is 17.6 Å². The Labute approximate surface area is 181 Å². The fourth-order valence-electron chi connectivity index (χ4n) is 3.18. The van der Waals surface area contributed by atoms with Gasteiger partial charge in [0.25, 0.3) is 0 Å². The van der Waals surface area contributed by atoms with E-state index in [9.17, 15) is 9.59 Å². The fourth-order valence-corrected chi connectivity index (χ4v) is 3.18. The predicted octanol–water partition coefficient (Wildman–Crippen LogP) is 5.23. The van der Waals surface area contributed by atoms with Crippen molar-refractivity contribution in [2.45, 2.75) is 96.9 Å². The summed E-state index contributed by atoms with van der Waals surface area (Å²) in [6, 6.07) is 3.05. The fraction of sp³-hybridized carbons (Fsp3) is 0.708. The van der Waals surface area contributed by atoms with Crippen molar-refractivity contribution < 1.29 is 18.7 Å². The van der Waals surface area contributed by atoms with Crippen LogP contribution in [0.3, 0.4) is 0 Å². The van der Waals surface area contributed by atoms with E-state index >= 15 is 0 Å². The molecule has 1 rings (SSSR count). The highest BCUT2D eigenvalue weighted by molar-refractivity contribution is 5.81.